The molecule has 0 spiro atoms. The molecule has 0 fully saturated rings. The topological polar surface area (TPSA) is 66.7 Å². The molecule has 0 unspecified atom stereocenters. The maximum absolute atomic E-state index is 5.30. The van der Waals surface area contributed by atoms with E-state index in [9.17, 15) is 0 Å². The average molecular weight is 214 g/mol. The zero-order valence-electron chi connectivity index (χ0n) is 8.47. The van der Waals surface area contributed by atoms with Crippen LogP contribution in [0, 0.1) is 0 Å². The Hall–Kier alpha value is -2.30. The maximum Gasteiger partial charge on any atom is 0.139 e. The second-order valence-corrected chi connectivity index (χ2v) is 3.45. The van der Waals surface area contributed by atoms with Gasteiger partial charge in [0.05, 0.1) is 17.8 Å². The van der Waals surface area contributed by atoms with Gasteiger partial charge in [-0.1, -0.05) is 0 Å². The first-order chi connectivity index (χ1) is 7.93. The molecule has 3 heterocycles. The molecule has 16 heavy (non-hydrogen) atoms. The number of hydrogen-bond donors (Lipinski definition) is 2. The third-order valence-corrected chi connectivity index (χ3v) is 2.39. The summed E-state index contributed by atoms with van der Waals surface area (Å²) in [5, 5.41) is 10.9. The summed E-state index contributed by atoms with van der Waals surface area (Å²) in [4.78, 5) is 4.28. The highest BCUT2D eigenvalue weighted by Crippen LogP contribution is 2.21. The lowest BCUT2D eigenvalue weighted by Gasteiger charge is -2.03. The number of anilines is 1. The molecule has 0 bridgehead atoms. The number of furan rings is 1. The van der Waals surface area contributed by atoms with E-state index in [2.05, 4.69) is 20.5 Å². The van der Waals surface area contributed by atoms with Crippen LogP contribution in [0.1, 0.15) is 5.56 Å². The fraction of sp³-hybridized carbons (Fsp3) is 0.0909. The number of rotatable bonds is 3. The molecule has 5 heteroatoms. The van der Waals surface area contributed by atoms with Crippen molar-refractivity contribution in [3.05, 3.63) is 42.5 Å². The van der Waals surface area contributed by atoms with E-state index in [1.165, 1.54) is 0 Å². The molecule has 0 saturated heterocycles. The maximum atomic E-state index is 5.30. The van der Waals surface area contributed by atoms with Crippen molar-refractivity contribution in [3.8, 4) is 0 Å². The molecule has 0 atom stereocenters. The first-order valence-corrected chi connectivity index (χ1v) is 4.97. The summed E-state index contributed by atoms with van der Waals surface area (Å²) < 4.78 is 5.30. The Morgan fingerprint density at radius 2 is 2.38 bits per heavy atom. The SMILES string of the molecule is c1cc2occc2c(NCc2cn[nH]c2)n1. The van der Waals surface area contributed by atoms with E-state index >= 15 is 0 Å². The van der Waals surface area contributed by atoms with Crippen molar-refractivity contribution < 1.29 is 4.42 Å². The van der Waals surface area contributed by atoms with Crippen LogP contribution < -0.4 is 5.32 Å². The van der Waals surface area contributed by atoms with Crippen LogP contribution in [0.2, 0.25) is 0 Å². The minimum absolute atomic E-state index is 0.688. The van der Waals surface area contributed by atoms with E-state index in [0.717, 1.165) is 22.4 Å². The van der Waals surface area contributed by atoms with Crippen molar-refractivity contribution in [3.63, 3.8) is 0 Å². The van der Waals surface area contributed by atoms with E-state index in [1.54, 1.807) is 18.7 Å². The van der Waals surface area contributed by atoms with Gasteiger partial charge in [-0.05, 0) is 12.1 Å². The van der Waals surface area contributed by atoms with Crippen LogP contribution in [0.3, 0.4) is 0 Å². The number of pyridine rings is 1. The van der Waals surface area contributed by atoms with Crippen LogP contribution >= 0.6 is 0 Å². The number of H-pyrrole nitrogens is 1. The first kappa shape index (κ1) is 8.96. The van der Waals surface area contributed by atoms with Crippen LogP contribution in [0.4, 0.5) is 5.82 Å². The number of hydrogen-bond acceptors (Lipinski definition) is 4. The Bertz CT molecular complexity index is 585. The molecule has 2 N–H and O–H groups in total. The van der Waals surface area contributed by atoms with Crippen LogP contribution in [0.5, 0.6) is 0 Å². The zero-order valence-corrected chi connectivity index (χ0v) is 8.47. The quantitative estimate of drug-likeness (QED) is 0.701. The van der Waals surface area contributed by atoms with Gasteiger partial charge in [-0.3, -0.25) is 5.10 Å². The third-order valence-electron chi connectivity index (χ3n) is 2.39. The third kappa shape index (κ3) is 1.52. The fourth-order valence-electron chi connectivity index (χ4n) is 1.60. The molecule has 0 amide bonds. The molecular weight excluding hydrogens is 204 g/mol. The Labute approximate surface area is 91.5 Å². The predicted octanol–water partition coefficient (Wildman–Crippen LogP) is 2.16. The number of aromatic amines is 1. The summed E-state index contributed by atoms with van der Waals surface area (Å²) >= 11 is 0. The van der Waals surface area contributed by atoms with Crippen molar-refractivity contribution in [2.75, 3.05) is 5.32 Å². The lowest BCUT2D eigenvalue weighted by Crippen LogP contribution is -2.00. The van der Waals surface area contributed by atoms with Crippen LogP contribution in [-0.4, -0.2) is 15.2 Å². The van der Waals surface area contributed by atoms with Gasteiger partial charge in [-0.2, -0.15) is 5.10 Å². The molecule has 0 radical (unpaired) electrons. The fourth-order valence-corrected chi connectivity index (χ4v) is 1.60. The number of nitrogens with one attached hydrogen (secondary N) is 2. The highest BCUT2D eigenvalue weighted by atomic mass is 16.3. The molecule has 0 aliphatic rings. The normalized spacial score (nSPS) is 10.8. The largest absolute Gasteiger partial charge is 0.464 e. The number of aromatic nitrogens is 3. The molecule has 0 aliphatic carbocycles. The van der Waals surface area contributed by atoms with Crippen LogP contribution in [0.25, 0.3) is 11.0 Å². The van der Waals surface area contributed by atoms with Gasteiger partial charge >= 0.3 is 0 Å². The van der Waals surface area contributed by atoms with Gasteiger partial charge in [-0.25, -0.2) is 4.98 Å². The average Bonchev–Trinajstić information content (AvgIpc) is 2.97. The number of fused-ring (bicyclic) bond motifs is 1. The van der Waals surface area contributed by atoms with E-state index in [-0.39, 0.29) is 0 Å². The van der Waals surface area contributed by atoms with E-state index in [1.807, 2.05) is 18.3 Å². The van der Waals surface area contributed by atoms with Gasteiger partial charge < -0.3 is 9.73 Å². The van der Waals surface area contributed by atoms with E-state index < -0.39 is 0 Å². The molecule has 3 aromatic rings. The molecule has 0 saturated carbocycles. The monoisotopic (exact) mass is 214 g/mol. The molecule has 0 aromatic carbocycles. The highest BCUT2D eigenvalue weighted by molar-refractivity contribution is 5.87. The van der Waals surface area contributed by atoms with E-state index in [4.69, 9.17) is 4.42 Å². The minimum atomic E-state index is 0.688. The number of nitrogens with zero attached hydrogens (tertiary/aromatic N) is 2. The lowest BCUT2D eigenvalue weighted by molar-refractivity contribution is 0.615. The van der Waals surface area contributed by atoms with Crippen molar-refractivity contribution in [1.82, 2.24) is 15.2 Å². The Kier molecular flexibility index (Phi) is 2.07. The Morgan fingerprint density at radius 1 is 1.38 bits per heavy atom. The Morgan fingerprint density at radius 3 is 3.25 bits per heavy atom. The second kappa shape index (κ2) is 3.69. The van der Waals surface area contributed by atoms with Crippen molar-refractivity contribution in [2.24, 2.45) is 0 Å². The zero-order chi connectivity index (χ0) is 10.8. The summed E-state index contributed by atoms with van der Waals surface area (Å²) in [5.41, 5.74) is 1.92. The molecule has 0 aliphatic heterocycles. The van der Waals surface area contributed by atoms with Gasteiger partial charge in [0.25, 0.3) is 0 Å². The van der Waals surface area contributed by atoms with E-state index in [0.29, 0.717) is 6.54 Å². The summed E-state index contributed by atoms with van der Waals surface area (Å²) in [6, 6.07) is 3.75. The van der Waals surface area contributed by atoms with Crippen molar-refractivity contribution in [1.29, 1.82) is 0 Å². The van der Waals surface area contributed by atoms with Crippen molar-refractivity contribution >= 4 is 16.8 Å². The predicted molar refractivity (Wildman–Crippen MR) is 59.9 cm³/mol. The van der Waals surface area contributed by atoms with Crippen molar-refractivity contribution in [2.45, 2.75) is 6.54 Å². The van der Waals surface area contributed by atoms with Gasteiger partial charge in [0.2, 0.25) is 0 Å². The summed E-state index contributed by atoms with van der Waals surface area (Å²) in [7, 11) is 0. The smallest absolute Gasteiger partial charge is 0.139 e. The molecule has 3 aromatic heterocycles. The molecule has 3 rings (SSSR count). The minimum Gasteiger partial charge on any atom is -0.464 e. The Balaban J connectivity index is 1.86. The standard InChI is InChI=1S/C11H10N4O/c1-3-12-11(9-2-4-16-10(1)9)13-5-8-6-14-15-7-8/h1-4,6-7H,5H2,(H,12,13)(H,14,15). The van der Waals surface area contributed by atoms with Gasteiger partial charge in [0, 0.05) is 24.5 Å². The lowest BCUT2D eigenvalue weighted by atomic mass is 10.3. The van der Waals surface area contributed by atoms with Gasteiger partial charge in [0.15, 0.2) is 0 Å². The van der Waals surface area contributed by atoms with Crippen LogP contribution in [-0.2, 0) is 6.54 Å². The molecule has 5 nitrogen and oxygen atoms in total. The summed E-state index contributed by atoms with van der Waals surface area (Å²) in [5.74, 6) is 0.826. The van der Waals surface area contributed by atoms with Crippen LogP contribution in [0.15, 0.2) is 41.4 Å². The van der Waals surface area contributed by atoms with Gasteiger partial charge in [0.1, 0.15) is 11.4 Å². The molecule has 80 valence electrons. The summed E-state index contributed by atoms with van der Waals surface area (Å²) in [6.45, 7) is 0.688. The molecular formula is C11H10N4O. The second-order valence-electron chi connectivity index (χ2n) is 3.45. The highest BCUT2D eigenvalue weighted by Gasteiger charge is 2.04. The summed E-state index contributed by atoms with van der Waals surface area (Å²) in [6.07, 6.45) is 7.02. The first-order valence-electron chi connectivity index (χ1n) is 4.97. The van der Waals surface area contributed by atoms with Gasteiger partial charge in [-0.15, -0.1) is 0 Å².